The average Bonchev–Trinajstić information content (AvgIpc) is 3.21. The van der Waals surface area contributed by atoms with Gasteiger partial charge in [-0.15, -0.1) is 0 Å². The Bertz CT molecular complexity index is 1010. The lowest BCUT2D eigenvalue weighted by molar-refractivity contribution is 0.0687. The van der Waals surface area contributed by atoms with Crippen molar-refractivity contribution in [3.05, 3.63) is 39.7 Å². The van der Waals surface area contributed by atoms with E-state index in [1.807, 2.05) is 0 Å². The largest absolute Gasteiger partial charge is 0.340 e. The number of amides is 1. The number of nitrogens with one attached hydrogen (secondary N) is 1. The normalized spacial score (nSPS) is 15.7. The zero-order valence-corrected chi connectivity index (χ0v) is 14.6. The lowest BCUT2D eigenvalue weighted by atomic mass is 9.93. The second-order valence-corrected chi connectivity index (χ2v) is 6.59. The number of aromatic amines is 1. The van der Waals surface area contributed by atoms with E-state index in [4.69, 9.17) is 4.52 Å². The number of fused-ring (bicyclic) bond motifs is 1. The van der Waals surface area contributed by atoms with E-state index in [0.29, 0.717) is 36.5 Å². The molecule has 1 aliphatic rings. The van der Waals surface area contributed by atoms with E-state index in [9.17, 15) is 9.59 Å². The highest BCUT2D eigenvalue weighted by Gasteiger charge is 2.27. The Kier molecular flexibility index (Phi) is 4.02. The molecule has 3 aromatic heterocycles. The molecule has 1 amide bonds. The van der Waals surface area contributed by atoms with Crippen molar-refractivity contribution in [2.75, 3.05) is 13.1 Å². The number of hydrogen-bond acceptors (Lipinski definition) is 7. The third-order valence-electron chi connectivity index (χ3n) is 4.66. The molecule has 26 heavy (non-hydrogen) atoms. The highest BCUT2D eigenvalue weighted by atomic mass is 16.5. The van der Waals surface area contributed by atoms with Crippen LogP contribution < -0.4 is 5.56 Å². The molecular formula is C16H19N7O3. The van der Waals surface area contributed by atoms with E-state index in [0.717, 1.165) is 19.3 Å². The Balaban J connectivity index is 1.45. The summed E-state index contributed by atoms with van der Waals surface area (Å²) in [6.45, 7) is 4.67. The number of aromatic nitrogens is 6. The molecule has 0 aromatic carbocycles. The predicted molar refractivity (Wildman–Crippen MR) is 89.7 cm³/mol. The molecule has 1 saturated heterocycles. The van der Waals surface area contributed by atoms with Gasteiger partial charge in [-0.3, -0.25) is 14.7 Å². The van der Waals surface area contributed by atoms with Crippen LogP contribution in [0.15, 0.2) is 15.5 Å². The van der Waals surface area contributed by atoms with Gasteiger partial charge in [-0.25, -0.2) is 4.98 Å². The van der Waals surface area contributed by atoms with Crippen molar-refractivity contribution in [2.45, 2.75) is 33.1 Å². The van der Waals surface area contributed by atoms with Gasteiger partial charge in [0.25, 0.3) is 17.2 Å². The fourth-order valence-electron chi connectivity index (χ4n) is 3.30. The van der Waals surface area contributed by atoms with Crippen LogP contribution in [0.5, 0.6) is 0 Å². The fourth-order valence-corrected chi connectivity index (χ4v) is 3.30. The van der Waals surface area contributed by atoms with Crippen LogP contribution in [0.3, 0.4) is 0 Å². The van der Waals surface area contributed by atoms with Gasteiger partial charge in [0, 0.05) is 32.6 Å². The van der Waals surface area contributed by atoms with E-state index in [1.54, 1.807) is 18.7 Å². The van der Waals surface area contributed by atoms with Crippen LogP contribution >= 0.6 is 0 Å². The van der Waals surface area contributed by atoms with Crippen LogP contribution in [-0.4, -0.2) is 53.6 Å². The van der Waals surface area contributed by atoms with Crippen LogP contribution in [-0.2, 0) is 6.42 Å². The van der Waals surface area contributed by atoms with Gasteiger partial charge in [-0.2, -0.15) is 14.5 Å². The lowest BCUT2D eigenvalue weighted by Gasteiger charge is -2.31. The average molecular weight is 357 g/mol. The minimum absolute atomic E-state index is 0.0541. The number of aryl methyl sites for hydroxylation is 2. The van der Waals surface area contributed by atoms with E-state index in [-0.39, 0.29) is 17.2 Å². The summed E-state index contributed by atoms with van der Waals surface area (Å²) in [6.07, 6.45) is 3.72. The van der Waals surface area contributed by atoms with Gasteiger partial charge in [0.05, 0.1) is 0 Å². The molecule has 0 unspecified atom stereocenters. The van der Waals surface area contributed by atoms with Crippen LogP contribution in [0.4, 0.5) is 0 Å². The first kappa shape index (κ1) is 16.4. The van der Waals surface area contributed by atoms with Gasteiger partial charge in [0.1, 0.15) is 11.4 Å². The maximum Gasteiger partial charge on any atom is 0.286 e. The van der Waals surface area contributed by atoms with Crippen molar-refractivity contribution in [3.63, 3.8) is 0 Å². The smallest absolute Gasteiger partial charge is 0.286 e. The first-order valence-electron chi connectivity index (χ1n) is 8.54. The molecule has 0 aliphatic carbocycles. The quantitative estimate of drug-likeness (QED) is 0.724. The summed E-state index contributed by atoms with van der Waals surface area (Å²) < 4.78 is 6.20. The topological polar surface area (TPSA) is 122 Å². The molecule has 0 spiro atoms. The number of hydrogen-bond donors (Lipinski definition) is 1. The summed E-state index contributed by atoms with van der Waals surface area (Å²) >= 11 is 0. The first-order chi connectivity index (χ1) is 12.5. The zero-order chi connectivity index (χ0) is 18.3. The van der Waals surface area contributed by atoms with E-state index in [2.05, 4.69) is 25.2 Å². The molecule has 1 N–H and O–H groups in total. The monoisotopic (exact) mass is 357 g/mol. The molecule has 10 nitrogen and oxygen atoms in total. The van der Waals surface area contributed by atoms with Crippen LogP contribution in [0.1, 0.15) is 40.7 Å². The van der Waals surface area contributed by atoms with Gasteiger partial charge >= 0.3 is 0 Å². The van der Waals surface area contributed by atoms with Gasteiger partial charge in [0.15, 0.2) is 5.82 Å². The van der Waals surface area contributed by atoms with Crippen LogP contribution in [0.25, 0.3) is 5.78 Å². The Morgan fingerprint density at radius 3 is 2.77 bits per heavy atom. The molecule has 0 bridgehead atoms. The third-order valence-corrected chi connectivity index (χ3v) is 4.66. The SMILES string of the molecule is Cc1nc2ncc(C(=O)N3CCC(Cc4noc(C)n4)CC3)c(=O)n2[nH]1. The molecule has 0 radical (unpaired) electrons. The standard InChI is InChI=1S/C16H19N7O3/c1-9-18-16-17-8-12(15(25)23(16)20-9)14(24)22-5-3-11(4-6-22)7-13-19-10(2)26-21-13/h8,11H,3-7H2,1-2H3,(H,17,18,20). The van der Waals surface area contributed by atoms with Gasteiger partial charge in [-0.1, -0.05) is 5.16 Å². The summed E-state index contributed by atoms with van der Waals surface area (Å²) in [5.41, 5.74) is -0.372. The van der Waals surface area contributed by atoms with Crippen molar-refractivity contribution >= 4 is 11.7 Å². The number of carbonyl (C=O) groups is 1. The first-order valence-corrected chi connectivity index (χ1v) is 8.54. The zero-order valence-electron chi connectivity index (χ0n) is 14.6. The minimum Gasteiger partial charge on any atom is -0.340 e. The predicted octanol–water partition coefficient (Wildman–Crippen LogP) is 0.512. The second kappa shape index (κ2) is 6.36. The van der Waals surface area contributed by atoms with Gasteiger partial charge in [0.2, 0.25) is 5.89 Å². The second-order valence-electron chi connectivity index (χ2n) is 6.59. The van der Waals surface area contributed by atoms with E-state index < -0.39 is 5.56 Å². The molecule has 0 saturated carbocycles. The molecule has 3 aromatic rings. The fraction of sp³-hybridized carbons (Fsp3) is 0.500. The number of nitrogens with zero attached hydrogens (tertiary/aromatic N) is 6. The highest BCUT2D eigenvalue weighted by Crippen LogP contribution is 2.21. The van der Waals surface area contributed by atoms with Crippen LogP contribution in [0, 0.1) is 19.8 Å². The lowest BCUT2D eigenvalue weighted by Crippen LogP contribution is -2.41. The van der Waals surface area contributed by atoms with Gasteiger partial charge in [-0.05, 0) is 25.7 Å². The Morgan fingerprint density at radius 1 is 1.31 bits per heavy atom. The van der Waals surface area contributed by atoms with Crippen molar-refractivity contribution in [3.8, 4) is 0 Å². The molecule has 10 heteroatoms. The summed E-state index contributed by atoms with van der Waals surface area (Å²) in [7, 11) is 0. The van der Waals surface area contributed by atoms with Crippen LogP contribution in [0.2, 0.25) is 0 Å². The maximum absolute atomic E-state index is 12.7. The minimum atomic E-state index is -0.426. The van der Waals surface area contributed by atoms with Crippen molar-refractivity contribution in [2.24, 2.45) is 5.92 Å². The summed E-state index contributed by atoms with van der Waals surface area (Å²) in [5.74, 6) is 2.20. The Morgan fingerprint density at radius 2 is 2.08 bits per heavy atom. The molecule has 1 fully saturated rings. The molecular weight excluding hydrogens is 338 g/mol. The Hall–Kier alpha value is -3.04. The Labute approximate surface area is 148 Å². The summed E-state index contributed by atoms with van der Waals surface area (Å²) in [4.78, 5) is 39.4. The summed E-state index contributed by atoms with van der Waals surface area (Å²) in [6, 6.07) is 0. The number of rotatable bonds is 3. The number of H-pyrrole nitrogens is 1. The maximum atomic E-state index is 12.7. The molecule has 0 atom stereocenters. The third kappa shape index (κ3) is 2.98. The highest BCUT2D eigenvalue weighted by molar-refractivity contribution is 5.93. The molecule has 1 aliphatic heterocycles. The van der Waals surface area contributed by atoms with Crippen molar-refractivity contribution in [1.82, 2.24) is 34.6 Å². The van der Waals surface area contributed by atoms with Crippen molar-refractivity contribution in [1.29, 1.82) is 0 Å². The number of carbonyl (C=O) groups excluding carboxylic acids is 1. The molecule has 4 heterocycles. The van der Waals surface area contributed by atoms with E-state index in [1.165, 1.54) is 10.7 Å². The van der Waals surface area contributed by atoms with Crippen molar-refractivity contribution < 1.29 is 9.32 Å². The molecule has 4 rings (SSSR count). The number of likely N-dealkylation sites (tertiary alicyclic amines) is 1. The van der Waals surface area contributed by atoms with E-state index >= 15 is 0 Å². The molecule has 136 valence electrons. The number of piperidine rings is 1. The van der Waals surface area contributed by atoms with Gasteiger partial charge < -0.3 is 9.42 Å². The summed E-state index contributed by atoms with van der Waals surface area (Å²) in [5, 5.41) is 6.72.